The van der Waals surface area contributed by atoms with Gasteiger partial charge in [0.25, 0.3) is 0 Å². The number of ketones is 4. The Morgan fingerprint density at radius 1 is 0.331 bits per heavy atom. The van der Waals surface area contributed by atoms with Gasteiger partial charge in [-0.15, -0.1) is 0 Å². The molecular weight excluding hydrogens is 1490 g/mol. The van der Waals surface area contributed by atoms with Crippen molar-refractivity contribution in [3.05, 3.63) is 230 Å². The largest absolute Gasteiger partial charge is 0.379 e. The van der Waals surface area contributed by atoms with Crippen LogP contribution in [0.25, 0.3) is 6.08 Å². The summed E-state index contributed by atoms with van der Waals surface area (Å²) in [4.78, 5) is 46.8. The molecule has 0 heterocycles. The highest BCUT2D eigenvalue weighted by atomic mass is 16.5. The number of aryl methyl sites for hydroxylation is 5. The van der Waals surface area contributed by atoms with Gasteiger partial charge in [0.05, 0.1) is 43.7 Å². The minimum Gasteiger partial charge on any atom is -0.379 e. The first-order chi connectivity index (χ1) is 56.4. The fraction of sp³-hybridized carbons (Fsp3) is 0.611. The van der Waals surface area contributed by atoms with E-state index in [2.05, 4.69) is 267 Å². The van der Waals surface area contributed by atoms with E-state index in [0.717, 1.165) is 32.2 Å². The van der Waals surface area contributed by atoms with Crippen molar-refractivity contribution in [1.29, 1.82) is 0 Å². The molecule has 0 aliphatic heterocycles. The minimum atomic E-state index is -0.248. The monoisotopic (exact) mass is 1680 g/mol. The maximum absolute atomic E-state index is 11.9. The van der Waals surface area contributed by atoms with Crippen LogP contribution in [0.1, 0.15) is 380 Å². The lowest BCUT2D eigenvalue weighted by Crippen LogP contribution is -2.30. The van der Waals surface area contributed by atoms with Gasteiger partial charge in [-0.1, -0.05) is 361 Å². The molecule has 0 saturated heterocycles. The van der Waals surface area contributed by atoms with E-state index in [1.165, 1.54) is 86.4 Å². The molecule has 696 valence electrons. The standard InChI is InChI=1S/C14H20O2.C14H22.C13H18O2.C13H20.C12H16.2C11H16O.C6H14O.C5H12O.7C2H6/c1-9(2)8-14(4,5)13-10(3)11(15)6-7-12(13)16;1-11(2)10-14(4,5)13-9-7-6-8-12(13)3;1-8(2)13(4,5)12-9(3)10(14)6-7-11(12)15;1-10(2)13(4,5)12-9-7-6-8-11(12)3;1-10(2)8-9-12-7-5-4-6-11(12)3;1-9(2)12-8-11-6-4-10(3)5-7-11;1-9(2)12-8-11-7-5-4-6-10(11)3;1-5(2)7-6(3)4;1-4-6-5(2)3;7*1-2/h6-7,9H,8H2,1-5H3;6-9,11H,10H2,1-5H3;6-8H,1-5H3;6-10H,1-5H3;4-10H,1-3H3;2*4-7,9H,8H2,1-3H3;5-6H,1-4H3;5H,4H2,1-3H3;7*1-2H3/b;;;;9-8-;;;;;;;;;;;. The van der Waals surface area contributed by atoms with Crippen molar-refractivity contribution in [1.82, 2.24) is 0 Å². The van der Waals surface area contributed by atoms with Crippen LogP contribution in [-0.4, -0.2) is 60.3 Å². The molecule has 0 fully saturated rings. The summed E-state index contributed by atoms with van der Waals surface area (Å²) in [5.74, 6) is 2.77. The van der Waals surface area contributed by atoms with E-state index in [1.807, 2.05) is 199 Å². The Morgan fingerprint density at radius 2 is 0.661 bits per heavy atom. The van der Waals surface area contributed by atoms with E-state index in [0.29, 0.717) is 81.9 Å². The van der Waals surface area contributed by atoms with Crippen LogP contribution in [0.5, 0.6) is 0 Å². The third kappa shape index (κ3) is 63.0. The van der Waals surface area contributed by atoms with Gasteiger partial charge >= 0.3 is 0 Å². The summed E-state index contributed by atoms with van der Waals surface area (Å²) in [6.07, 6.45) is 13.9. The second-order valence-electron chi connectivity index (χ2n) is 34.3. The molecule has 0 spiro atoms. The molecule has 0 amide bonds. The topological polar surface area (TPSA) is 105 Å². The zero-order valence-electron chi connectivity index (χ0n) is 88.6. The van der Waals surface area contributed by atoms with Crippen LogP contribution in [0.15, 0.2) is 174 Å². The molecule has 0 radical (unpaired) electrons. The summed E-state index contributed by atoms with van der Waals surface area (Å²) < 4.78 is 21.3. The Morgan fingerprint density at radius 3 is 0.992 bits per heavy atom. The van der Waals surface area contributed by atoms with Crippen LogP contribution in [0.3, 0.4) is 0 Å². The fourth-order valence-electron chi connectivity index (χ4n) is 12.4. The van der Waals surface area contributed by atoms with Crippen molar-refractivity contribution in [3.8, 4) is 0 Å². The van der Waals surface area contributed by atoms with Crippen LogP contribution in [0.4, 0.5) is 0 Å². The summed E-state index contributed by atoms with van der Waals surface area (Å²) in [7, 11) is 0. The summed E-state index contributed by atoms with van der Waals surface area (Å²) in [6, 6.07) is 42.6. The third-order valence-electron chi connectivity index (χ3n) is 18.9. The predicted molar refractivity (Wildman–Crippen MR) is 543 cm³/mol. The van der Waals surface area contributed by atoms with Gasteiger partial charge in [0.1, 0.15) is 0 Å². The smallest absolute Gasteiger partial charge is 0.182 e. The van der Waals surface area contributed by atoms with Gasteiger partial charge in [-0.05, 0) is 263 Å². The molecule has 0 atom stereocenters. The van der Waals surface area contributed by atoms with Crippen LogP contribution in [0, 0.1) is 75.0 Å². The summed E-state index contributed by atoms with van der Waals surface area (Å²) in [5, 5.41) is 0. The zero-order chi connectivity index (χ0) is 96.9. The molecule has 5 aromatic carbocycles. The zero-order valence-corrected chi connectivity index (χ0v) is 88.6. The molecule has 8 nitrogen and oxygen atoms in total. The van der Waals surface area contributed by atoms with E-state index in [1.54, 1.807) is 13.8 Å². The van der Waals surface area contributed by atoms with Crippen LogP contribution in [-0.2, 0) is 62.2 Å². The first kappa shape index (κ1) is 132. The number of carbonyl (C=O) groups is 4. The number of carbonyl (C=O) groups excluding carboxylic acids is 4. The molecule has 8 heteroatoms. The normalized spacial score (nSPS) is 12.0. The van der Waals surface area contributed by atoms with E-state index < -0.39 is 0 Å². The minimum absolute atomic E-state index is 0.0113. The quantitative estimate of drug-likeness (QED) is 0.0631. The van der Waals surface area contributed by atoms with E-state index in [9.17, 15) is 19.2 Å². The molecule has 121 heavy (non-hydrogen) atoms. The van der Waals surface area contributed by atoms with Crippen LogP contribution >= 0.6 is 0 Å². The lowest BCUT2D eigenvalue weighted by Gasteiger charge is -2.33. The van der Waals surface area contributed by atoms with Gasteiger partial charge in [-0.2, -0.15) is 0 Å². The third-order valence-corrected chi connectivity index (χ3v) is 18.9. The number of benzene rings is 5. The lowest BCUT2D eigenvalue weighted by molar-refractivity contribution is -0.116. The maximum Gasteiger partial charge on any atom is 0.182 e. The average Bonchev–Trinajstić information content (AvgIpc) is 0.795. The molecule has 0 saturated carbocycles. The van der Waals surface area contributed by atoms with Crippen LogP contribution < -0.4 is 0 Å². The SMILES string of the molecule is CC.CC.CC.CC.CC.CC.CC.CC(C)OC(C)C.CC1=C(C(C)(C)C(C)C)C(=O)C=CC1=O.CC1=C(C(C)(C)CC(C)C)C(=O)C=CC1=O.CCOC(C)C.Cc1ccc(COC(C)C)cc1.Cc1ccccc1/C=C\C(C)C.Cc1ccccc1C(C)(C)C(C)C.Cc1ccccc1C(C)(C)CC(C)C.Cc1ccccc1COC(C)C. The summed E-state index contributed by atoms with van der Waals surface area (Å²) >= 11 is 0. The van der Waals surface area contributed by atoms with Crippen LogP contribution in [0.2, 0.25) is 0 Å². The Hall–Kier alpha value is -6.68. The second kappa shape index (κ2) is 76.9. The average molecular weight is 1680 g/mol. The molecule has 2 aliphatic rings. The number of ether oxygens (including phenoxy) is 4. The first-order valence-electron chi connectivity index (χ1n) is 46.8. The molecule has 7 rings (SSSR count). The number of allylic oxidation sites excluding steroid dienone is 9. The highest BCUT2D eigenvalue weighted by molar-refractivity contribution is 6.21. The Balaban J connectivity index is -0.000000165. The highest BCUT2D eigenvalue weighted by Gasteiger charge is 2.36. The molecule has 2 aliphatic carbocycles. The van der Waals surface area contributed by atoms with Crippen molar-refractivity contribution < 1.29 is 38.1 Å². The Kier molecular flexibility index (Phi) is 84.1. The molecule has 5 aromatic rings. The number of hydrogen-bond donors (Lipinski definition) is 0. The van der Waals surface area contributed by atoms with Crippen molar-refractivity contribution in [2.24, 2.45) is 40.4 Å². The highest BCUT2D eigenvalue weighted by Crippen LogP contribution is 2.40. The maximum atomic E-state index is 11.9. The van der Waals surface area contributed by atoms with Gasteiger partial charge in [0.15, 0.2) is 23.1 Å². The summed E-state index contributed by atoms with van der Waals surface area (Å²) in [5.41, 5.74) is 16.3. The Labute approximate surface area is 753 Å². The van der Waals surface area contributed by atoms with Gasteiger partial charge < -0.3 is 18.9 Å². The van der Waals surface area contributed by atoms with Gasteiger partial charge in [0.2, 0.25) is 0 Å². The van der Waals surface area contributed by atoms with Gasteiger partial charge in [0, 0.05) is 28.9 Å². The first-order valence-corrected chi connectivity index (χ1v) is 46.8. The fourth-order valence-corrected chi connectivity index (χ4v) is 12.4. The predicted octanol–water partition coefficient (Wildman–Crippen LogP) is 34.0. The molecule has 0 N–H and O–H groups in total. The molecule has 0 bridgehead atoms. The molecule has 0 unspecified atom stereocenters. The summed E-state index contributed by atoms with van der Waals surface area (Å²) in [6.45, 7) is 106. The molecular formula is C113H196O8. The van der Waals surface area contributed by atoms with Crippen molar-refractivity contribution in [2.45, 2.75) is 414 Å². The van der Waals surface area contributed by atoms with E-state index in [4.69, 9.17) is 18.9 Å². The van der Waals surface area contributed by atoms with Gasteiger partial charge in [-0.25, -0.2) is 0 Å². The van der Waals surface area contributed by atoms with Crippen molar-refractivity contribution in [3.63, 3.8) is 0 Å². The molecule has 0 aromatic heterocycles. The van der Waals surface area contributed by atoms with Crippen molar-refractivity contribution >= 4 is 29.2 Å². The van der Waals surface area contributed by atoms with E-state index >= 15 is 0 Å². The van der Waals surface area contributed by atoms with Crippen molar-refractivity contribution in [2.75, 3.05) is 6.61 Å². The number of rotatable bonds is 22. The lowest BCUT2D eigenvalue weighted by atomic mass is 9.70. The number of hydrogen-bond acceptors (Lipinski definition) is 8. The van der Waals surface area contributed by atoms with Gasteiger partial charge in [-0.3, -0.25) is 19.2 Å². The van der Waals surface area contributed by atoms with E-state index in [-0.39, 0.29) is 39.4 Å². The Bertz CT molecular complexity index is 3520. The second-order valence-corrected chi connectivity index (χ2v) is 34.3.